The predicted octanol–water partition coefficient (Wildman–Crippen LogP) is 4.02. The molecule has 92 valence electrons. The van der Waals surface area contributed by atoms with Crippen LogP contribution in [-0.4, -0.2) is 11.6 Å². The molecule has 0 rings (SSSR count). The van der Waals surface area contributed by atoms with E-state index in [1.807, 2.05) is 32.1 Å². The number of carbonyl (C=O) groups excluding carboxylic acids is 1. The second-order valence-corrected chi connectivity index (χ2v) is 4.48. The summed E-state index contributed by atoms with van der Waals surface area (Å²) < 4.78 is 5.12. The molecule has 0 aromatic heterocycles. The Morgan fingerprint density at radius 2 is 1.94 bits per heavy atom. The third kappa shape index (κ3) is 9.50. The average Bonchev–Trinajstić information content (AvgIpc) is 2.14. The number of allylic oxidation sites excluding steroid dienone is 3. The zero-order valence-corrected chi connectivity index (χ0v) is 11.0. The zero-order chi connectivity index (χ0) is 12.4. The van der Waals surface area contributed by atoms with Gasteiger partial charge in [0.1, 0.15) is 5.60 Å². The lowest BCUT2D eigenvalue weighted by Gasteiger charge is -2.19. The molecule has 2 nitrogen and oxygen atoms in total. The number of hydrogen-bond acceptors (Lipinski definition) is 2. The molecular weight excluding hydrogens is 200 g/mol. The van der Waals surface area contributed by atoms with Gasteiger partial charge < -0.3 is 4.74 Å². The highest BCUT2D eigenvalue weighted by atomic mass is 16.6. The Balaban J connectivity index is 3.85. The summed E-state index contributed by atoms with van der Waals surface area (Å²) in [6, 6.07) is 0. The van der Waals surface area contributed by atoms with E-state index in [1.165, 1.54) is 26.2 Å². The lowest BCUT2D eigenvalue weighted by atomic mass is 10.1. The van der Waals surface area contributed by atoms with Crippen LogP contribution in [0.1, 0.15) is 53.4 Å². The van der Waals surface area contributed by atoms with Crippen molar-refractivity contribution in [3.8, 4) is 0 Å². The van der Waals surface area contributed by atoms with Crippen LogP contribution >= 0.6 is 0 Å². The number of esters is 1. The van der Waals surface area contributed by atoms with Crippen LogP contribution in [0.25, 0.3) is 0 Å². The van der Waals surface area contributed by atoms with Crippen molar-refractivity contribution in [3.63, 3.8) is 0 Å². The van der Waals surface area contributed by atoms with Gasteiger partial charge in [-0.2, -0.15) is 0 Å². The van der Waals surface area contributed by atoms with Gasteiger partial charge in [-0.05, 0) is 32.8 Å². The summed E-state index contributed by atoms with van der Waals surface area (Å²) in [4.78, 5) is 10.8. The molecule has 0 fully saturated rings. The SMILES string of the molecule is CCCCC/C=C\C=C\C(C)(C)OC(C)=O. The standard InChI is InChI=1S/C14H24O2/c1-5-6-7-8-9-10-11-12-14(3,4)16-13(2)15/h9-12H,5-8H2,1-4H3/b10-9-,12-11+. The van der Waals surface area contributed by atoms with Crippen molar-refractivity contribution in [3.05, 3.63) is 24.3 Å². The van der Waals surface area contributed by atoms with E-state index >= 15 is 0 Å². The molecule has 0 bridgehead atoms. The summed E-state index contributed by atoms with van der Waals surface area (Å²) >= 11 is 0. The first kappa shape index (κ1) is 14.9. The molecule has 0 unspecified atom stereocenters. The molecular formula is C14H24O2. The summed E-state index contributed by atoms with van der Waals surface area (Å²) in [6.45, 7) is 7.37. The van der Waals surface area contributed by atoms with E-state index in [0.29, 0.717) is 0 Å². The highest BCUT2D eigenvalue weighted by molar-refractivity contribution is 5.66. The van der Waals surface area contributed by atoms with Gasteiger partial charge in [-0.3, -0.25) is 4.79 Å². The average molecular weight is 224 g/mol. The highest BCUT2D eigenvalue weighted by Crippen LogP contribution is 2.11. The summed E-state index contributed by atoms with van der Waals surface area (Å²) in [7, 11) is 0. The summed E-state index contributed by atoms with van der Waals surface area (Å²) in [5, 5.41) is 0. The third-order valence-electron chi connectivity index (χ3n) is 2.13. The minimum Gasteiger partial charge on any atom is -0.456 e. The second-order valence-electron chi connectivity index (χ2n) is 4.48. The molecule has 0 atom stereocenters. The van der Waals surface area contributed by atoms with Gasteiger partial charge in [0.2, 0.25) is 0 Å². The molecule has 0 saturated carbocycles. The Kier molecular flexibility index (Phi) is 7.61. The third-order valence-corrected chi connectivity index (χ3v) is 2.13. The Hall–Kier alpha value is -1.05. The van der Waals surface area contributed by atoms with E-state index in [0.717, 1.165) is 6.42 Å². The predicted molar refractivity (Wildman–Crippen MR) is 68.3 cm³/mol. The fourth-order valence-corrected chi connectivity index (χ4v) is 1.38. The molecule has 0 aliphatic carbocycles. The fourth-order valence-electron chi connectivity index (χ4n) is 1.38. The summed E-state index contributed by atoms with van der Waals surface area (Å²) in [6.07, 6.45) is 12.9. The smallest absolute Gasteiger partial charge is 0.303 e. The molecule has 0 aliphatic rings. The minimum atomic E-state index is -0.514. The van der Waals surface area contributed by atoms with E-state index in [9.17, 15) is 4.79 Å². The molecule has 0 radical (unpaired) electrons. The van der Waals surface area contributed by atoms with Gasteiger partial charge in [0.25, 0.3) is 0 Å². The largest absolute Gasteiger partial charge is 0.456 e. The number of carbonyl (C=O) groups is 1. The number of unbranched alkanes of at least 4 members (excludes halogenated alkanes) is 3. The topological polar surface area (TPSA) is 26.3 Å². The van der Waals surface area contributed by atoms with Gasteiger partial charge in [-0.25, -0.2) is 0 Å². The normalized spacial score (nSPS) is 12.5. The maximum Gasteiger partial charge on any atom is 0.303 e. The maximum absolute atomic E-state index is 10.8. The van der Waals surface area contributed by atoms with Crippen molar-refractivity contribution in [1.29, 1.82) is 0 Å². The van der Waals surface area contributed by atoms with Gasteiger partial charge >= 0.3 is 5.97 Å². The molecule has 16 heavy (non-hydrogen) atoms. The van der Waals surface area contributed by atoms with Crippen LogP contribution in [0, 0.1) is 0 Å². The van der Waals surface area contributed by atoms with Crippen LogP contribution in [0.15, 0.2) is 24.3 Å². The van der Waals surface area contributed by atoms with Crippen LogP contribution in [-0.2, 0) is 9.53 Å². The van der Waals surface area contributed by atoms with Crippen LogP contribution in [0.2, 0.25) is 0 Å². The van der Waals surface area contributed by atoms with Crippen LogP contribution < -0.4 is 0 Å². The lowest BCUT2D eigenvalue weighted by molar-refractivity contribution is -0.149. The van der Waals surface area contributed by atoms with E-state index in [4.69, 9.17) is 4.74 Å². The molecule has 0 N–H and O–H groups in total. The second kappa shape index (κ2) is 8.14. The van der Waals surface area contributed by atoms with Crippen LogP contribution in [0.5, 0.6) is 0 Å². The van der Waals surface area contributed by atoms with Crippen molar-refractivity contribution in [2.24, 2.45) is 0 Å². The van der Waals surface area contributed by atoms with Crippen LogP contribution in [0.4, 0.5) is 0 Å². The van der Waals surface area contributed by atoms with Gasteiger partial charge in [0.15, 0.2) is 0 Å². The number of hydrogen-bond donors (Lipinski definition) is 0. The van der Waals surface area contributed by atoms with Gasteiger partial charge in [-0.15, -0.1) is 0 Å². The Morgan fingerprint density at radius 3 is 2.50 bits per heavy atom. The molecule has 0 aromatic carbocycles. The molecule has 0 spiro atoms. The monoisotopic (exact) mass is 224 g/mol. The molecule has 2 heteroatoms. The minimum absolute atomic E-state index is 0.249. The van der Waals surface area contributed by atoms with E-state index in [1.54, 1.807) is 0 Å². The van der Waals surface area contributed by atoms with Crippen molar-refractivity contribution < 1.29 is 9.53 Å². The lowest BCUT2D eigenvalue weighted by Crippen LogP contribution is -2.23. The first-order valence-electron chi connectivity index (χ1n) is 6.02. The maximum atomic E-state index is 10.8. The molecule has 0 amide bonds. The first-order chi connectivity index (χ1) is 7.48. The van der Waals surface area contributed by atoms with E-state index < -0.39 is 5.60 Å². The number of ether oxygens (including phenoxy) is 1. The fraction of sp³-hybridized carbons (Fsp3) is 0.643. The van der Waals surface area contributed by atoms with Crippen molar-refractivity contribution in [1.82, 2.24) is 0 Å². The van der Waals surface area contributed by atoms with E-state index in [2.05, 4.69) is 13.0 Å². The highest BCUT2D eigenvalue weighted by Gasteiger charge is 2.15. The van der Waals surface area contributed by atoms with Crippen molar-refractivity contribution in [2.75, 3.05) is 0 Å². The van der Waals surface area contributed by atoms with Crippen molar-refractivity contribution >= 4 is 5.97 Å². The molecule has 0 saturated heterocycles. The molecule has 0 aromatic rings. The van der Waals surface area contributed by atoms with Crippen molar-refractivity contribution in [2.45, 2.75) is 59.0 Å². The number of rotatable bonds is 7. The van der Waals surface area contributed by atoms with Gasteiger partial charge in [0.05, 0.1) is 0 Å². The van der Waals surface area contributed by atoms with Gasteiger partial charge in [-0.1, -0.05) is 38.0 Å². The zero-order valence-electron chi connectivity index (χ0n) is 11.0. The van der Waals surface area contributed by atoms with Crippen LogP contribution in [0.3, 0.4) is 0 Å². The molecule has 0 aliphatic heterocycles. The summed E-state index contributed by atoms with van der Waals surface area (Å²) in [5.74, 6) is -0.249. The first-order valence-corrected chi connectivity index (χ1v) is 6.02. The Bertz CT molecular complexity index is 249. The Morgan fingerprint density at radius 1 is 1.25 bits per heavy atom. The summed E-state index contributed by atoms with van der Waals surface area (Å²) in [5.41, 5.74) is -0.514. The van der Waals surface area contributed by atoms with Gasteiger partial charge in [0, 0.05) is 6.92 Å². The molecule has 0 heterocycles. The van der Waals surface area contributed by atoms with E-state index in [-0.39, 0.29) is 5.97 Å². The Labute approximate surface area is 99.4 Å². The quantitative estimate of drug-likeness (QED) is 0.371.